The van der Waals surface area contributed by atoms with E-state index in [1.807, 2.05) is 38.1 Å². The summed E-state index contributed by atoms with van der Waals surface area (Å²) in [4.78, 5) is 25.0. The monoisotopic (exact) mass is 436 g/mol. The average molecular weight is 437 g/mol. The zero-order valence-corrected chi connectivity index (χ0v) is 18.4. The summed E-state index contributed by atoms with van der Waals surface area (Å²) in [7, 11) is -3.40. The van der Waals surface area contributed by atoms with E-state index in [-0.39, 0.29) is 22.8 Å². The minimum Gasteiger partial charge on any atom is -0.326 e. The lowest BCUT2D eigenvalue weighted by Gasteiger charge is -2.12. The quantitative estimate of drug-likeness (QED) is 0.607. The maximum Gasteiger partial charge on any atom is 0.255 e. The molecule has 0 saturated carbocycles. The van der Waals surface area contributed by atoms with E-state index >= 15 is 0 Å². The first-order chi connectivity index (χ1) is 14.6. The highest BCUT2D eigenvalue weighted by Crippen LogP contribution is 2.21. The zero-order chi connectivity index (χ0) is 22.6. The summed E-state index contributed by atoms with van der Waals surface area (Å²) in [5, 5.41) is 5.66. The average Bonchev–Trinajstić information content (AvgIpc) is 2.71. The van der Waals surface area contributed by atoms with Crippen molar-refractivity contribution in [1.82, 2.24) is 0 Å². The summed E-state index contributed by atoms with van der Waals surface area (Å²) in [6.45, 7) is 3.79. The van der Waals surface area contributed by atoms with Crippen LogP contribution < -0.4 is 10.6 Å². The Morgan fingerprint density at radius 3 is 2.26 bits per heavy atom. The lowest BCUT2D eigenvalue weighted by Crippen LogP contribution is -2.16. The normalized spacial score (nSPS) is 11.1. The molecule has 0 aliphatic heterocycles. The standard InChI is InChI=1S/C24H24N2O4S/c1-16-7-4-5-8-18(16)15-23(27)25-20-11-12-22(17(2)13-20)26-24(28)19-9-6-10-21(14-19)31(3,29)30/h4-14H,15H2,1-3H3,(H,25,27)(H,26,28). The van der Waals surface area contributed by atoms with Gasteiger partial charge >= 0.3 is 0 Å². The van der Waals surface area contributed by atoms with E-state index in [1.54, 1.807) is 24.3 Å². The van der Waals surface area contributed by atoms with Gasteiger partial charge in [-0.2, -0.15) is 0 Å². The molecule has 0 atom stereocenters. The minimum absolute atomic E-state index is 0.0867. The van der Waals surface area contributed by atoms with Gasteiger partial charge in [0.25, 0.3) is 5.91 Å². The highest BCUT2D eigenvalue weighted by molar-refractivity contribution is 7.90. The summed E-state index contributed by atoms with van der Waals surface area (Å²) in [5.74, 6) is -0.534. The number of benzene rings is 3. The summed E-state index contributed by atoms with van der Waals surface area (Å²) in [5.41, 5.74) is 4.25. The summed E-state index contributed by atoms with van der Waals surface area (Å²) < 4.78 is 23.4. The van der Waals surface area contributed by atoms with Crippen molar-refractivity contribution in [2.24, 2.45) is 0 Å². The van der Waals surface area contributed by atoms with E-state index in [1.165, 1.54) is 18.2 Å². The van der Waals surface area contributed by atoms with Gasteiger partial charge in [0, 0.05) is 23.2 Å². The molecule has 0 spiro atoms. The molecule has 3 aromatic rings. The van der Waals surface area contributed by atoms with Gasteiger partial charge in [-0.15, -0.1) is 0 Å². The van der Waals surface area contributed by atoms with Crippen molar-refractivity contribution in [3.05, 3.63) is 89.0 Å². The lowest BCUT2D eigenvalue weighted by molar-refractivity contribution is -0.115. The fourth-order valence-corrected chi connectivity index (χ4v) is 3.80. The molecule has 160 valence electrons. The Bertz CT molecular complexity index is 1250. The van der Waals surface area contributed by atoms with Gasteiger partial charge in [0.15, 0.2) is 9.84 Å². The summed E-state index contributed by atoms with van der Waals surface area (Å²) >= 11 is 0. The van der Waals surface area contributed by atoms with Gasteiger partial charge in [0.05, 0.1) is 11.3 Å². The van der Waals surface area contributed by atoms with Crippen LogP contribution in [0.5, 0.6) is 0 Å². The summed E-state index contributed by atoms with van der Waals surface area (Å²) in [6, 6.07) is 18.8. The van der Waals surface area contributed by atoms with Crippen LogP contribution in [0, 0.1) is 13.8 Å². The van der Waals surface area contributed by atoms with E-state index in [0.29, 0.717) is 11.4 Å². The number of rotatable bonds is 6. The number of hydrogen-bond donors (Lipinski definition) is 2. The first-order valence-electron chi connectivity index (χ1n) is 9.70. The molecular weight excluding hydrogens is 412 g/mol. The largest absolute Gasteiger partial charge is 0.326 e. The highest BCUT2D eigenvalue weighted by atomic mass is 32.2. The fraction of sp³-hybridized carbons (Fsp3) is 0.167. The predicted molar refractivity (Wildman–Crippen MR) is 122 cm³/mol. The molecule has 3 aromatic carbocycles. The Hall–Kier alpha value is -3.45. The lowest BCUT2D eigenvalue weighted by atomic mass is 10.1. The molecule has 2 N–H and O–H groups in total. The molecule has 6 nitrogen and oxygen atoms in total. The Balaban J connectivity index is 1.69. The third-order valence-electron chi connectivity index (χ3n) is 4.90. The smallest absolute Gasteiger partial charge is 0.255 e. The van der Waals surface area contributed by atoms with E-state index in [2.05, 4.69) is 10.6 Å². The second kappa shape index (κ2) is 9.14. The first-order valence-corrected chi connectivity index (χ1v) is 11.6. The fourth-order valence-electron chi connectivity index (χ4n) is 3.13. The van der Waals surface area contributed by atoms with Gasteiger partial charge in [-0.3, -0.25) is 9.59 Å². The van der Waals surface area contributed by atoms with Crippen molar-refractivity contribution < 1.29 is 18.0 Å². The molecule has 2 amide bonds. The SMILES string of the molecule is Cc1ccccc1CC(=O)Nc1ccc(NC(=O)c2cccc(S(C)(=O)=O)c2)c(C)c1. The van der Waals surface area contributed by atoms with Gasteiger partial charge in [0.1, 0.15) is 0 Å². The molecule has 0 bridgehead atoms. The second-order valence-corrected chi connectivity index (χ2v) is 9.45. The van der Waals surface area contributed by atoms with Crippen molar-refractivity contribution in [2.45, 2.75) is 25.2 Å². The van der Waals surface area contributed by atoms with Gasteiger partial charge in [-0.25, -0.2) is 8.42 Å². The number of hydrogen-bond acceptors (Lipinski definition) is 4. The molecule has 0 radical (unpaired) electrons. The first kappa shape index (κ1) is 22.2. The van der Waals surface area contributed by atoms with E-state index in [4.69, 9.17) is 0 Å². The molecule has 0 aliphatic carbocycles. The van der Waals surface area contributed by atoms with Crippen LogP contribution in [-0.2, 0) is 21.1 Å². The molecule has 3 rings (SSSR count). The number of aryl methyl sites for hydroxylation is 2. The van der Waals surface area contributed by atoms with Crippen molar-refractivity contribution in [1.29, 1.82) is 0 Å². The molecule has 0 heterocycles. The van der Waals surface area contributed by atoms with Crippen molar-refractivity contribution in [3.8, 4) is 0 Å². The second-order valence-electron chi connectivity index (χ2n) is 7.44. The van der Waals surface area contributed by atoms with Crippen LogP contribution in [0.15, 0.2) is 71.6 Å². The van der Waals surface area contributed by atoms with E-state index in [0.717, 1.165) is 22.9 Å². The Labute approximate surface area is 182 Å². The van der Waals surface area contributed by atoms with Gasteiger partial charge in [0.2, 0.25) is 5.91 Å². The number of carbonyl (C=O) groups is 2. The number of sulfone groups is 1. The molecule has 0 aliphatic rings. The van der Waals surface area contributed by atoms with Crippen LogP contribution in [0.4, 0.5) is 11.4 Å². The van der Waals surface area contributed by atoms with E-state index < -0.39 is 15.7 Å². The third kappa shape index (κ3) is 5.79. The number of amides is 2. The van der Waals surface area contributed by atoms with Crippen molar-refractivity contribution >= 4 is 33.0 Å². The highest BCUT2D eigenvalue weighted by Gasteiger charge is 2.13. The van der Waals surface area contributed by atoms with Gasteiger partial charge < -0.3 is 10.6 Å². The molecule has 0 saturated heterocycles. The maximum absolute atomic E-state index is 12.6. The number of nitrogens with one attached hydrogen (secondary N) is 2. The van der Waals surface area contributed by atoms with Crippen molar-refractivity contribution in [3.63, 3.8) is 0 Å². The zero-order valence-electron chi connectivity index (χ0n) is 17.6. The predicted octanol–water partition coefficient (Wildman–Crippen LogP) is 4.14. The topological polar surface area (TPSA) is 92.3 Å². The van der Waals surface area contributed by atoms with Crippen molar-refractivity contribution in [2.75, 3.05) is 16.9 Å². The Kier molecular flexibility index (Phi) is 6.56. The van der Waals surface area contributed by atoms with E-state index in [9.17, 15) is 18.0 Å². The molecule has 0 aromatic heterocycles. The van der Waals surface area contributed by atoms with Crippen LogP contribution in [0.3, 0.4) is 0 Å². The third-order valence-corrected chi connectivity index (χ3v) is 6.01. The summed E-state index contributed by atoms with van der Waals surface area (Å²) in [6.07, 6.45) is 1.38. The molecule has 0 fully saturated rings. The molecule has 7 heteroatoms. The number of anilines is 2. The minimum atomic E-state index is -3.40. The van der Waals surface area contributed by atoms with Crippen LogP contribution in [-0.4, -0.2) is 26.5 Å². The Morgan fingerprint density at radius 2 is 1.58 bits per heavy atom. The Morgan fingerprint density at radius 1 is 0.839 bits per heavy atom. The van der Waals surface area contributed by atoms with Crippen LogP contribution in [0.2, 0.25) is 0 Å². The van der Waals surface area contributed by atoms with Crippen LogP contribution >= 0.6 is 0 Å². The van der Waals surface area contributed by atoms with Gasteiger partial charge in [-0.05, 0) is 66.9 Å². The maximum atomic E-state index is 12.6. The number of carbonyl (C=O) groups excluding carboxylic acids is 2. The van der Waals surface area contributed by atoms with Gasteiger partial charge in [-0.1, -0.05) is 30.3 Å². The van der Waals surface area contributed by atoms with Crippen LogP contribution in [0.1, 0.15) is 27.0 Å². The molecular formula is C24H24N2O4S. The molecule has 31 heavy (non-hydrogen) atoms. The van der Waals surface area contributed by atoms with Crippen LogP contribution in [0.25, 0.3) is 0 Å². The molecule has 0 unspecified atom stereocenters.